The normalized spacial score (nSPS) is 13.4. The molecular formula is C15H12Cl2N2O. The van der Waals surface area contributed by atoms with E-state index in [9.17, 15) is 4.79 Å². The smallest absolute Gasteiger partial charge is 0.259 e. The van der Waals surface area contributed by atoms with Crippen LogP contribution in [-0.4, -0.2) is 12.5 Å². The summed E-state index contributed by atoms with van der Waals surface area (Å²) >= 11 is 12.1. The van der Waals surface area contributed by atoms with Crippen molar-refractivity contribution in [2.75, 3.05) is 17.2 Å². The van der Waals surface area contributed by atoms with E-state index in [2.05, 4.69) is 0 Å². The summed E-state index contributed by atoms with van der Waals surface area (Å²) in [5.74, 6) is -0.151. The van der Waals surface area contributed by atoms with Gasteiger partial charge in [0.25, 0.3) is 5.91 Å². The number of fused-ring (bicyclic) bond motifs is 1. The van der Waals surface area contributed by atoms with Crippen molar-refractivity contribution < 1.29 is 4.79 Å². The summed E-state index contributed by atoms with van der Waals surface area (Å²) in [6, 6.07) is 10.7. The molecule has 2 N–H and O–H groups in total. The third kappa shape index (κ3) is 2.13. The molecule has 1 aliphatic heterocycles. The van der Waals surface area contributed by atoms with Crippen molar-refractivity contribution in [3.8, 4) is 0 Å². The van der Waals surface area contributed by atoms with Gasteiger partial charge in [-0.1, -0.05) is 35.3 Å². The fraction of sp³-hybridized carbons (Fsp3) is 0.133. The Morgan fingerprint density at radius 1 is 1.20 bits per heavy atom. The summed E-state index contributed by atoms with van der Waals surface area (Å²) in [6.45, 7) is 0.625. The Bertz CT molecular complexity index is 700. The number of hydrogen-bond acceptors (Lipinski definition) is 2. The zero-order valence-electron chi connectivity index (χ0n) is 10.6. The summed E-state index contributed by atoms with van der Waals surface area (Å²) in [4.78, 5) is 14.3. The molecule has 5 heteroatoms. The molecule has 3 nitrogen and oxygen atoms in total. The zero-order valence-corrected chi connectivity index (χ0v) is 12.1. The van der Waals surface area contributed by atoms with Crippen molar-refractivity contribution in [3.63, 3.8) is 0 Å². The molecule has 1 amide bonds. The Labute approximate surface area is 126 Å². The van der Waals surface area contributed by atoms with E-state index in [1.165, 1.54) is 0 Å². The molecule has 0 aromatic heterocycles. The Morgan fingerprint density at radius 3 is 2.80 bits per heavy atom. The van der Waals surface area contributed by atoms with Crippen LogP contribution in [0.4, 0.5) is 11.4 Å². The third-order valence-electron chi connectivity index (χ3n) is 3.43. The van der Waals surface area contributed by atoms with Gasteiger partial charge in [0.05, 0.1) is 15.6 Å². The molecule has 0 spiro atoms. The number of nitrogens with zero attached hydrogens (tertiary/aromatic N) is 1. The van der Waals surface area contributed by atoms with Crippen molar-refractivity contribution in [1.29, 1.82) is 0 Å². The van der Waals surface area contributed by atoms with Gasteiger partial charge in [-0.2, -0.15) is 0 Å². The van der Waals surface area contributed by atoms with Crippen LogP contribution in [0.3, 0.4) is 0 Å². The minimum absolute atomic E-state index is 0.151. The molecule has 2 aromatic rings. The van der Waals surface area contributed by atoms with Crippen LogP contribution in [-0.2, 0) is 6.42 Å². The number of nitrogen functional groups attached to an aromatic ring is 1. The van der Waals surface area contributed by atoms with Crippen molar-refractivity contribution in [1.82, 2.24) is 0 Å². The van der Waals surface area contributed by atoms with Crippen LogP contribution in [0.1, 0.15) is 15.9 Å². The molecule has 0 saturated heterocycles. The van der Waals surface area contributed by atoms with E-state index in [-0.39, 0.29) is 10.9 Å². The highest BCUT2D eigenvalue weighted by Crippen LogP contribution is 2.33. The fourth-order valence-corrected chi connectivity index (χ4v) is 2.80. The molecular weight excluding hydrogens is 295 g/mol. The Balaban J connectivity index is 2.02. The minimum atomic E-state index is -0.151. The highest BCUT2D eigenvalue weighted by molar-refractivity contribution is 6.44. The largest absolute Gasteiger partial charge is 0.399 e. The lowest BCUT2D eigenvalue weighted by atomic mass is 10.1. The van der Waals surface area contributed by atoms with Crippen molar-refractivity contribution in [2.24, 2.45) is 0 Å². The second kappa shape index (κ2) is 5.00. The first kappa shape index (κ1) is 13.3. The van der Waals surface area contributed by atoms with Gasteiger partial charge >= 0.3 is 0 Å². The summed E-state index contributed by atoms with van der Waals surface area (Å²) in [7, 11) is 0. The number of carbonyl (C=O) groups is 1. The minimum Gasteiger partial charge on any atom is -0.399 e. The van der Waals surface area contributed by atoms with Gasteiger partial charge in [-0.05, 0) is 36.2 Å². The molecule has 0 fully saturated rings. The fourth-order valence-electron chi connectivity index (χ4n) is 2.42. The molecule has 0 radical (unpaired) electrons. The molecule has 0 bridgehead atoms. The summed E-state index contributed by atoms with van der Waals surface area (Å²) in [5.41, 5.74) is 8.82. The number of hydrogen-bond donors (Lipinski definition) is 1. The number of carbonyl (C=O) groups excluding carboxylic acids is 1. The molecule has 0 saturated carbocycles. The molecule has 102 valence electrons. The van der Waals surface area contributed by atoms with E-state index in [4.69, 9.17) is 28.9 Å². The molecule has 1 aliphatic rings. The van der Waals surface area contributed by atoms with Gasteiger partial charge in [-0.15, -0.1) is 0 Å². The summed E-state index contributed by atoms with van der Waals surface area (Å²) in [5, 5.41) is 0.668. The Hall–Kier alpha value is -1.71. The number of anilines is 2. The van der Waals surface area contributed by atoms with Gasteiger partial charge < -0.3 is 10.6 Å². The lowest BCUT2D eigenvalue weighted by Crippen LogP contribution is -2.29. The quantitative estimate of drug-likeness (QED) is 0.815. The summed E-state index contributed by atoms with van der Waals surface area (Å²) < 4.78 is 0. The van der Waals surface area contributed by atoms with E-state index < -0.39 is 0 Å². The second-order valence-electron chi connectivity index (χ2n) is 4.70. The van der Waals surface area contributed by atoms with Crippen LogP contribution in [0.2, 0.25) is 10.0 Å². The van der Waals surface area contributed by atoms with Gasteiger partial charge in [0.2, 0.25) is 0 Å². The van der Waals surface area contributed by atoms with Crippen molar-refractivity contribution in [2.45, 2.75) is 6.42 Å². The maximum atomic E-state index is 12.6. The van der Waals surface area contributed by atoms with Gasteiger partial charge in [0.1, 0.15) is 0 Å². The van der Waals surface area contributed by atoms with E-state index in [0.717, 1.165) is 17.7 Å². The maximum Gasteiger partial charge on any atom is 0.259 e. The van der Waals surface area contributed by atoms with E-state index in [0.29, 0.717) is 22.8 Å². The lowest BCUT2D eigenvalue weighted by molar-refractivity contribution is 0.0989. The summed E-state index contributed by atoms with van der Waals surface area (Å²) in [6.07, 6.45) is 0.819. The van der Waals surface area contributed by atoms with E-state index in [1.807, 2.05) is 18.2 Å². The van der Waals surface area contributed by atoms with Crippen molar-refractivity contribution in [3.05, 3.63) is 57.6 Å². The topological polar surface area (TPSA) is 46.3 Å². The number of benzene rings is 2. The van der Waals surface area contributed by atoms with Gasteiger partial charge in [-0.25, -0.2) is 0 Å². The third-order valence-corrected chi connectivity index (χ3v) is 4.25. The molecule has 0 atom stereocenters. The number of amides is 1. The Morgan fingerprint density at radius 2 is 2.00 bits per heavy atom. The maximum absolute atomic E-state index is 12.6. The molecule has 2 aromatic carbocycles. The first-order valence-corrected chi connectivity index (χ1v) is 6.98. The average Bonchev–Trinajstić information content (AvgIpc) is 2.84. The van der Waals surface area contributed by atoms with Crippen LogP contribution in [0, 0.1) is 0 Å². The molecule has 0 aliphatic carbocycles. The number of nitrogens with two attached hydrogens (primary N) is 1. The van der Waals surface area contributed by atoms with Crippen LogP contribution in [0.15, 0.2) is 36.4 Å². The van der Waals surface area contributed by atoms with Gasteiger partial charge in [0.15, 0.2) is 0 Å². The SMILES string of the molecule is Nc1ccc2c(c1)N(C(=O)c1cccc(Cl)c1Cl)CC2. The van der Waals surface area contributed by atoms with Gasteiger partial charge in [0, 0.05) is 17.9 Å². The molecule has 20 heavy (non-hydrogen) atoms. The lowest BCUT2D eigenvalue weighted by Gasteiger charge is -2.18. The molecule has 1 heterocycles. The van der Waals surface area contributed by atoms with Crippen molar-refractivity contribution >= 4 is 40.5 Å². The predicted molar refractivity (Wildman–Crippen MR) is 82.7 cm³/mol. The highest BCUT2D eigenvalue weighted by atomic mass is 35.5. The first-order valence-electron chi connectivity index (χ1n) is 6.22. The monoisotopic (exact) mass is 306 g/mol. The Kier molecular flexibility index (Phi) is 3.32. The van der Waals surface area contributed by atoms with E-state index in [1.54, 1.807) is 23.1 Å². The predicted octanol–water partition coefficient (Wildman–Crippen LogP) is 3.78. The zero-order chi connectivity index (χ0) is 14.3. The number of halogens is 2. The highest BCUT2D eigenvalue weighted by Gasteiger charge is 2.27. The van der Waals surface area contributed by atoms with Crippen LogP contribution >= 0.6 is 23.2 Å². The molecule has 0 unspecified atom stereocenters. The number of rotatable bonds is 1. The van der Waals surface area contributed by atoms with Crippen LogP contribution in [0.25, 0.3) is 0 Å². The second-order valence-corrected chi connectivity index (χ2v) is 5.48. The van der Waals surface area contributed by atoms with E-state index >= 15 is 0 Å². The first-order chi connectivity index (χ1) is 9.58. The van der Waals surface area contributed by atoms with Crippen LogP contribution < -0.4 is 10.6 Å². The molecule has 3 rings (SSSR count). The van der Waals surface area contributed by atoms with Gasteiger partial charge in [-0.3, -0.25) is 4.79 Å². The average molecular weight is 307 g/mol. The van der Waals surface area contributed by atoms with Crippen LogP contribution in [0.5, 0.6) is 0 Å². The standard InChI is InChI=1S/C15H12Cl2N2O/c16-12-3-1-2-11(14(12)17)15(20)19-7-6-9-4-5-10(18)8-13(9)19/h1-5,8H,6-7,18H2.